The Labute approximate surface area is 213 Å². The van der Waals surface area contributed by atoms with Crippen LogP contribution in [0.2, 0.25) is 0 Å². The average Bonchev–Trinajstić information content (AvgIpc) is 3.02. The molecule has 2 amide bonds. The second kappa shape index (κ2) is 11.9. The molecule has 3 N–H and O–H groups in total. The Balaban J connectivity index is 0.000000202. The maximum Gasteiger partial charge on any atom is 0.305 e. The molecular weight excluding hydrogens is 456 g/mol. The number of nitrogens with one attached hydrogen (secondary N) is 2. The lowest BCUT2D eigenvalue weighted by atomic mass is 10.1. The maximum atomic E-state index is 12.2. The van der Waals surface area contributed by atoms with Crippen molar-refractivity contribution in [3.8, 4) is 0 Å². The molecule has 2 aromatic rings. The molecule has 0 bridgehead atoms. The molecule has 0 saturated carbocycles. The number of nitrogens with zero attached hydrogens (tertiary/aromatic N) is 2. The number of carboxylic acid groups (broad SMARTS) is 1. The number of fused-ring (bicyclic) bond motifs is 2. The van der Waals surface area contributed by atoms with Crippen LogP contribution in [0.3, 0.4) is 0 Å². The largest absolute Gasteiger partial charge is 0.481 e. The third-order valence-electron chi connectivity index (χ3n) is 6.44. The summed E-state index contributed by atoms with van der Waals surface area (Å²) in [6, 6.07) is 11.8. The van der Waals surface area contributed by atoms with Crippen molar-refractivity contribution in [3.63, 3.8) is 0 Å². The summed E-state index contributed by atoms with van der Waals surface area (Å²) in [4.78, 5) is 38.6. The first-order valence-electron chi connectivity index (χ1n) is 12.6. The van der Waals surface area contributed by atoms with Crippen LogP contribution in [0.15, 0.2) is 36.4 Å². The number of amides is 2. The Morgan fingerprint density at radius 1 is 0.861 bits per heavy atom. The summed E-state index contributed by atoms with van der Waals surface area (Å²) in [6.45, 7) is 12.2. The van der Waals surface area contributed by atoms with Gasteiger partial charge in [-0.15, -0.1) is 0 Å². The summed E-state index contributed by atoms with van der Waals surface area (Å²) in [7, 11) is 0. The molecule has 36 heavy (non-hydrogen) atoms. The number of rotatable bonds is 5. The first kappa shape index (κ1) is 27.0. The summed E-state index contributed by atoms with van der Waals surface area (Å²) in [5.41, 5.74) is 6.66. The number of aliphatic carboxylic acids is 1. The normalized spacial score (nSPS) is 19.0. The first-order chi connectivity index (χ1) is 17.1. The van der Waals surface area contributed by atoms with Gasteiger partial charge in [0.25, 0.3) is 0 Å². The highest BCUT2D eigenvalue weighted by Gasteiger charge is 2.27. The maximum absolute atomic E-state index is 12.2. The fraction of sp³-hybridized carbons (Fsp3) is 0.464. The van der Waals surface area contributed by atoms with E-state index in [9.17, 15) is 14.4 Å². The summed E-state index contributed by atoms with van der Waals surface area (Å²) in [6.07, 6.45) is 0.971. The van der Waals surface area contributed by atoms with Gasteiger partial charge in [-0.3, -0.25) is 14.4 Å². The lowest BCUT2D eigenvalue weighted by Gasteiger charge is -2.22. The van der Waals surface area contributed by atoms with E-state index < -0.39 is 5.97 Å². The third-order valence-corrected chi connectivity index (χ3v) is 6.44. The Morgan fingerprint density at radius 3 is 1.72 bits per heavy atom. The smallest absolute Gasteiger partial charge is 0.305 e. The average molecular weight is 495 g/mol. The van der Waals surface area contributed by atoms with Crippen LogP contribution in [-0.4, -0.2) is 57.9 Å². The number of benzene rings is 2. The van der Waals surface area contributed by atoms with Crippen LogP contribution in [0.4, 0.5) is 11.4 Å². The van der Waals surface area contributed by atoms with Crippen LogP contribution in [-0.2, 0) is 27.5 Å². The summed E-state index contributed by atoms with van der Waals surface area (Å²) in [5.74, 6) is -0.752. The van der Waals surface area contributed by atoms with E-state index >= 15 is 0 Å². The van der Waals surface area contributed by atoms with Gasteiger partial charge in [0.15, 0.2) is 0 Å². The standard InChI is InChI=1S/C14H18N2O3.C14H20N2O/c1-9-3-4-12-11(7-9)8-16(6-5-13(17)18)14(19)10(2)15-12;1-4-7-16-9-12-8-10(2)5-6-13(12)15-11(3)14(16)17/h3-4,7,10,15H,5-6,8H2,1-2H3,(H,17,18);5-6,8,11,15H,4,7,9H2,1-3H3. The lowest BCUT2D eigenvalue weighted by Crippen LogP contribution is -2.39. The van der Waals surface area contributed by atoms with E-state index in [2.05, 4.69) is 42.7 Å². The molecule has 8 nitrogen and oxygen atoms in total. The molecule has 2 aliphatic heterocycles. The minimum Gasteiger partial charge on any atom is -0.481 e. The van der Waals surface area contributed by atoms with Gasteiger partial charge in [-0.25, -0.2) is 0 Å². The van der Waals surface area contributed by atoms with Gasteiger partial charge in [-0.1, -0.05) is 42.3 Å². The number of carbonyl (C=O) groups excluding carboxylic acids is 2. The third kappa shape index (κ3) is 6.77. The topological polar surface area (TPSA) is 102 Å². The van der Waals surface area contributed by atoms with Crippen molar-refractivity contribution in [1.82, 2.24) is 9.80 Å². The lowest BCUT2D eigenvalue weighted by molar-refractivity contribution is -0.139. The van der Waals surface area contributed by atoms with Gasteiger partial charge < -0.3 is 25.5 Å². The van der Waals surface area contributed by atoms with Crippen molar-refractivity contribution in [1.29, 1.82) is 0 Å². The highest BCUT2D eigenvalue weighted by Crippen LogP contribution is 2.25. The Hall–Kier alpha value is -3.55. The molecule has 0 fully saturated rings. The highest BCUT2D eigenvalue weighted by molar-refractivity contribution is 5.87. The second-order valence-electron chi connectivity index (χ2n) is 9.72. The zero-order valence-corrected chi connectivity index (χ0v) is 21.9. The Kier molecular flexibility index (Phi) is 8.96. The van der Waals surface area contributed by atoms with Crippen molar-refractivity contribution in [2.45, 2.75) is 72.6 Å². The van der Waals surface area contributed by atoms with Gasteiger partial charge in [0, 0.05) is 37.6 Å². The van der Waals surface area contributed by atoms with E-state index in [1.54, 1.807) is 11.8 Å². The van der Waals surface area contributed by atoms with Crippen LogP contribution in [0.25, 0.3) is 0 Å². The number of hydrogen-bond donors (Lipinski definition) is 3. The molecule has 0 radical (unpaired) electrons. The molecule has 2 heterocycles. The molecule has 4 rings (SSSR count). The molecule has 0 aliphatic carbocycles. The summed E-state index contributed by atoms with van der Waals surface area (Å²) >= 11 is 0. The minimum atomic E-state index is -0.887. The van der Waals surface area contributed by atoms with Crippen LogP contribution in [0.1, 0.15) is 55.9 Å². The van der Waals surface area contributed by atoms with Crippen molar-refractivity contribution < 1.29 is 19.5 Å². The molecule has 194 valence electrons. The molecular formula is C28H38N4O4. The van der Waals surface area contributed by atoms with Crippen molar-refractivity contribution in [2.24, 2.45) is 0 Å². The number of carboxylic acids is 1. The molecule has 8 heteroatoms. The van der Waals surface area contributed by atoms with Gasteiger partial charge in [-0.05, 0) is 57.4 Å². The van der Waals surface area contributed by atoms with Crippen molar-refractivity contribution >= 4 is 29.2 Å². The molecule has 0 aromatic heterocycles. The first-order valence-corrected chi connectivity index (χ1v) is 12.6. The predicted octanol–water partition coefficient (Wildman–Crippen LogP) is 4.16. The number of carbonyl (C=O) groups is 3. The predicted molar refractivity (Wildman–Crippen MR) is 142 cm³/mol. The van der Waals surface area contributed by atoms with E-state index in [-0.39, 0.29) is 36.9 Å². The summed E-state index contributed by atoms with van der Waals surface area (Å²) in [5, 5.41) is 15.2. The number of anilines is 2. The van der Waals surface area contributed by atoms with Crippen LogP contribution in [0.5, 0.6) is 0 Å². The quantitative estimate of drug-likeness (QED) is 0.577. The molecule has 0 saturated heterocycles. The summed E-state index contributed by atoms with van der Waals surface area (Å²) < 4.78 is 0. The van der Waals surface area contributed by atoms with Crippen molar-refractivity contribution in [3.05, 3.63) is 58.7 Å². The Morgan fingerprint density at radius 2 is 1.31 bits per heavy atom. The van der Waals surface area contributed by atoms with E-state index in [0.29, 0.717) is 6.54 Å². The molecule has 2 aromatic carbocycles. The van der Waals surface area contributed by atoms with Crippen molar-refractivity contribution in [2.75, 3.05) is 23.7 Å². The van der Waals surface area contributed by atoms with Gasteiger partial charge in [-0.2, -0.15) is 0 Å². The van der Waals surface area contributed by atoms with E-state index in [4.69, 9.17) is 5.11 Å². The zero-order valence-electron chi connectivity index (χ0n) is 21.9. The Bertz CT molecular complexity index is 1120. The van der Waals surface area contributed by atoms with Gasteiger partial charge in [0.1, 0.15) is 12.1 Å². The minimum absolute atomic E-state index is 0.0282. The van der Waals surface area contributed by atoms with Gasteiger partial charge in [0.2, 0.25) is 11.8 Å². The zero-order chi connectivity index (χ0) is 26.4. The highest BCUT2D eigenvalue weighted by atomic mass is 16.4. The van der Waals surface area contributed by atoms with Crippen LogP contribution < -0.4 is 10.6 Å². The van der Waals surface area contributed by atoms with Gasteiger partial charge in [0.05, 0.1) is 6.42 Å². The fourth-order valence-corrected chi connectivity index (χ4v) is 4.57. The molecule has 0 spiro atoms. The second-order valence-corrected chi connectivity index (χ2v) is 9.72. The van der Waals surface area contributed by atoms with E-state index in [1.807, 2.05) is 36.9 Å². The number of hydrogen-bond acceptors (Lipinski definition) is 5. The molecule has 2 unspecified atom stereocenters. The van der Waals surface area contributed by atoms with E-state index in [1.165, 1.54) is 11.1 Å². The fourth-order valence-electron chi connectivity index (χ4n) is 4.57. The number of aryl methyl sites for hydroxylation is 2. The SMILES string of the molecule is CCCN1Cc2cc(C)ccc2NC(C)C1=O.Cc1ccc2c(c1)CN(CCC(=O)O)C(=O)C(C)N2. The molecule has 2 atom stereocenters. The van der Waals surface area contributed by atoms with Gasteiger partial charge >= 0.3 is 5.97 Å². The van der Waals surface area contributed by atoms with Crippen LogP contribution >= 0.6 is 0 Å². The van der Waals surface area contributed by atoms with Crippen LogP contribution in [0, 0.1) is 13.8 Å². The molecule has 2 aliphatic rings. The van der Waals surface area contributed by atoms with E-state index in [0.717, 1.165) is 42.0 Å². The monoisotopic (exact) mass is 494 g/mol.